The fraction of sp³-hybridized carbons (Fsp3) is 0.250. The summed E-state index contributed by atoms with van der Waals surface area (Å²) in [6.45, 7) is 4.29. The van der Waals surface area contributed by atoms with Gasteiger partial charge in [-0.2, -0.15) is 0 Å². The van der Waals surface area contributed by atoms with Crippen LogP contribution in [0, 0.1) is 13.8 Å². The first kappa shape index (κ1) is 25.9. The second-order valence-corrected chi connectivity index (χ2v) is 10.8. The molecular weight excluding hydrogens is 560 g/mol. The van der Waals surface area contributed by atoms with Gasteiger partial charge in [0, 0.05) is 21.8 Å². The van der Waals surface area contributed by atoms with E-state index in [0.717, 1.165) is 25.7 Å². The third-order valence-corrected chi connectivity index (χ3v) is 8.71. The Balaban J connectivity index is 1.63. The molecule has 0 aliphatic heterocycles. The van der Waals surface area contributed by atoms with Crippen LogP contribution in [0.2, 0.25) is 0 Å². The molecule has 0 N–H and O–H groups in total. The Morgan fingerprint density at radius 1 is 0.514 bits per heavy atom. The molecule has 4 aromatic rings. The Morgan fingerprint density at radius 3 is 1.31 bits per heavy atom. The maximum Gasteiger partial charge on any atom is 0.0660 e. The topological polar surface area (TPSA) is 9.23 Å². The lowest BCUT2D eigenvalue weighted by atomic mass is 9.97. The molecule has 0 saturated carbocycles. The molecule has 0 bridgehead atoms. The molecule has 0 heterocycles. The fourth-order valence-corrected chi connectivity index (χ4v) is 5.44. The van der Waals surface area contributed by atoms with Gasteiger partial charge in [-0.15, -0.1) is 0 Å². The minimum atomic E-state index is 0.0628. The highest BCUT2D eigenvalue weighted by atomic mass is 79.9. The van der Waals surface area contributed by atoms with Gasteiger partial charge in [0.2, 0.25) is 0 Å². The van der Waals surface area contributed by atoms with Crippen molar-refractivity contribution in [2.24, 2.45) is 0 Å². The monoisotopic (exact) mass is 590 g/mol. The van der Waals surface area contributed by atoms with E-state index in [9.17, 15) is 0 Å². The quantitative estimate of drug-likeness (QED) is 0.179. The molecule has 1 nitrogen and oxygen atoms in total. The Hall–Kier alpha value is -2.20. The minimum Gasteiger partial charge on any atom is -0.374 e. The molecule has 0 fully saturated rings. The smallest absolute Gasteiger partial charge is 0.0660 e. The zero-order valence-electron chi connectivity index (χ0n) is 20.4. The predicted octanol–water partition coefficient (Wildman–Crippen LogP) is 8.85. The molecule has 2 unspecified atom stereocenters. The van der Waals surface area contributed by atoms with Crippen LogP contribution >= 0.6 is 31.9 Å². The summed E-state index contributed by atoms with van der Waals surface area (Å²) >= 11 is 7.65. The highest BCUT2D eigenvalue weighted by Crippen LogP contribution is 2.27. The van der Waals surface area contributed by atoms with Crippen molar-refractivity contribution in [3.63, 3.8) is 0 Å². The summed E-state index contributed by atoms with van der Waals surface area (Å²) in [6.07, 6.45) is 3.60. The van der Waals surface area contributed by atoms with Gasteiger partial charge in [-0.3, -0.25) is 0 Å². The number of aryl methyl sites for hydroxylation is 2. The summed E-state index contributed by atoms with van der Waals surface area (Å²) in [5.74, 6) is 0. The molecule has 4 aromatic carbocycles. The summed E-state index contributed by atoms with van der Waals surface area (Å²) in [5, 5.41) is 0. The molecule has 4 rings (SSSR count). The highest BCUT2D eigenvalue weighted by molar-refractivity contribution is 9.10. The van der Waals surface area contributed by atoms with E-state index in [2.05, 4.69) is 143 Å². The lowest BCUT2D eigenvalue weighted by Gasteiger charge is -2.27. The zero-order valence-corrected chi connectivity index (χ0v) is 23.6. The lowest BCUT2D eigenvalue weighted by molar-refractivity contribution is -0.0107. The number of benzene rings is 4. The van der Waals surface area contributed by atoms with E-state index in [1.54, 1.807) is 0 Å². The SMILES string of the molecule is Cc1cccc(CC(Cc2ccccc2)OC(Cc2ccccc2)Cc2cccc(C)c2Br)c1Br. The third-order valence-electron chi connectivity index (χ3n) is 6.44. The van der Waals surface area contributed by atoms with Crippen LogP contribution < -0.4 is 0 Å². The van der Waals surface area contributed by atoms with Crippen LogP contribution in [0.15, 0.2) is 106 Å². The highest BCUT2D eigenvalue weighted by Gasteiger charge is 2.21. The van der Waals surface area contributed by atoms with E-state index in [-0.39, 0.29) is 12.2 Å². The molecule has 0 aliphatic carbocycles. The summed E-state index contributed by atoms with van der Waals surface area (Å²) in [5.41, 5.74) is 7.70. The van der Waals surface area contributed by atoms with Gasteiger partial charge < -0.3 is 4.74 Å². The van der Waals surface area contributed by atoms with Gasteiger partial charge in [-0.05, 0) is 60.1 Å². The summed E-state index contributed by atoms with van der Waals surface area (Å²) in [4.78, 5) is 0. The van der Waals surface area contributed by atoms with Crippen LogP contribution in [-0.2, 0) is 30.4 Å². The molecule has 0 aliphatic rings. The molecule has 0 spiro atoms. The maximum atomic E-state index is 7.01. The molecule has 0 aromatic heterocycles. The normalized spacial score (nSPS) is 12.9. The van der Waals surface area contributed by atoms with E-state index < -0.39 is 0 Å². The maximum absolute atomic E-state index is 7.01. The van der Waals surface area contributed by atoms with Gasteiger partial charge in [0.1, 0.15) is 0 Å². The molecule has 180 valence electrons. The zero-order chi connectivity index (χ0) is 24.6. The van der Waals surface area contributed by atoms with Gasteiger partial charge in [0.15, 0.2) is 0 Å². The largest absolute Gasteiger partial charge is 0.374 e. The Labute approximate surface area is 226 Å². The van der Waals surface area contributed by atoms with Crippen molar-refractivity contribution in [3.05, 3.63) is 139 Å². The van der Waals surface area contributed by atoms with Gasteiger partial charge in [-0.25, -0.2) is 0 Å². The van der Waals surface area contributed by atoms with Crippen molar-refractivity contribution >= 4 is 31.9 Å². The number of rotatable bonds is 10. The first-order valence-corrected chi connectivity index (χ1v) is 13.8. The van der Waals surface area contributed by atoms with E-state index in [1.165, 1.54) is 42.3 Å². The first-order valence-electron chi connectivity index (χ1n) is 12.2. The van der Waals surface area contributed by atoms with Crippen LogP contribution in [0.1, 0.15) is 33.4 Å². The second kappa shape index (κ2) is 12.7. The average Bonchev–Trinajstić information content (AvgIpc) is 2.86. The molecule has 0 saturated heterocycles. The fourth-order valence-electron chi connectivity index (χ4n) is 4.59. The Bertz CT molecular complexity index is 1120. The number of ether oxygens (including phenoxy) is 1. The second-order valence-electron chi connectivity index (χ2n) is 9.26. The van der Waals surface area contributed by atoms with E-state index in [0.29, 0.717) is 0 Å². The Kier molecular flexibility index (Phi) is 9.37. The standard InChI is InChI=1S/C32H32Br2O/c1-23-11-9-17-27(31(23)33)21-29(19-25-13-5-3-6-14-25)35-30(20-26-15-7-4-8-16-26)22-28-18-10-12-24(2)32(28)34/h3-18,29-30H,19-22H2,1-2H3. The van der Waals surface area contributed by atoms with Crippen molar-refractivity contribution < 1.29 is 4.74 Å². The molecule has 2 atom stereocenters. The molecule has 0 amide bonds. The van der Waals surface area contributed by atoms with Crippen LogP contribution in [0.4, 0.5) is 0 Å². The molecule has 3 heteroatoms. The van der Waals surface area contributed by atoms with Crippen molar-refractivity contribution in [1.29, 1.82) is 0 Å². The van der Waals surface area contributed by atoms with Crippen molar-refractivity contribution in [2.45, 2.75) is 51.7 Å². The van der Waals surface area contributed by atoms with E-state index >= 15 is 0 Å². The van der Waals surface area contributed by atoms with Gasteiger partial charge in [-0.1, -0.05) is 129 Å². The molecular formula is C32H32Br2O. The van der Waals surface area contributed by atoms with Gasteiger partial charge in [0.05, 0.1) is 12.2 Å². The Morgan fingerprint density at radius 2 is 0.914 bits per heavy atom. The van der Waals surface area contributed by atoms with Crippen LogP contribution in [0.3, 0.4) is 0 Å². The van der Waals surface area contributed by atoms with E-state index in [4.69, 9.17) is 4.74 Å². The summed E-state index contributed by atoms with van der Waals surface area (Å²) < 4.78 is 9.38. The molecule has 0 radical (unpaired) electrons. The van der Waals surface area contributed by atoms with Crippen molar-refractivity contribution in [2.75, 3.05) is 0 Å². The predicted molar refractivity (Wildman–Crippen MR) is 154 cm³/mol. The van der Waals surface area contributed by atoms with Crippen molar-refractivity contribution in [1.82, 2.24) is 0 Å². The number of hydrogen-bond donors (Lipinski definition) is 0. The average molecular weight is 592 g/mol. The third kappa shape index (κ3) is 7.39. The summed E-state index contributed by atoms with van der Waals surface area (Å²) in [7, 11) is 0. The molecule has 35 heavy (non-hydrogen) atoms. The van der Waals surface area contributed by atoms with Crippen LogP contribution in [-0.4, -0.2) is 12.2 Å². The van der Waals surface area contributed by atoms with Gasteiger partial charge >= 0.3 is 0 Å². The lowest BCUT2D eigenvalue weighted by Crippen LogP contribution is -2.29. The number of hydrogen-bond acceptors (Lipinski definition) is 1. The summed E-state index contributed by atoms with van der Waals surface area (Å²) in [6, 6.07) is 34.4. The van der Waals surface area contributed by atoms with Crippen LogP contribution in [0.25, 0.3) is 0 Å². The van der Waals surface area contributed by atoms with Crippen molar-refractivity contribution in [3.8, 4) is 0 Å². The van der Waals surface area contributed by atoms with E-state index in [1.807, 2.05) is 0 Å². The minimum absolute atomic E-state index is 0.0628. The van der Waals surface area contributed by atoms with Crippen LogP contribution in [0.5, 0.6) is 0 Å². The van der Waals surface area contributed by atoms with Gasteiger partial charge in [0.25, 0.3) is 0 Å². The number of halogens is 2. The first-order chi connectivity index (χ1) is 17.0.